The largest absolute Gasteiger partial charge is 0.370 e. The molecule has 1 aromatic carbocycles. The first kappa shape index (κ1) is 13.6. The molecule has 1 fully saturated rings. The summed E-state index contributed by atoms with van der Waals surface area (Å²) >= 11 is 5.99. The molecule has 0 amide bonds. The van der Waals surface area contributed by atoms with Crippen molar-refractivity contribution in [2.24, 2.45) is 5.92 Å². The van der Waals surface area contributed by atoms with Crippen LogP contribution in [0.1, 0.15) is 43.0 Å². The van der Waals surface area contributed by atoms with E-state index in [0.717, 1.165) is 12.8 Å². The Morgan fingerprint density at radius 2 is 2.17 bits per heavy atom. The van der Waals surface area contributed by atoms with Crippen LogP contribution in [-0.2, 0) is 4.74 Å². The van der Waals surface area contributed by atoms with Crippen LogP contribution in [0, 0.1) is 5.92 Å². The Balaban J connectivity index is 1.87. The van der Waals surface area contributed by atoms with Gasteiger partial charge in [0.25, 0.3) is 0 Å². The molecule has 2 unspecified atom stereocenters. The van der Waals surface area contributed by atoms with E-state index < -0.39 is 0 Å². The number of halogens is 1. The second kappa shape index (κ2) is 6.35. The average molecular weight is 267 g/mol. The fourth-order valence-electron chi connectivity index (χ4n) is 2.49. The van der Waals surface area contributed by atoms with E-state index in [1.807, 2.05) is 12.1 Å². The molecule has 0 saturated heterocycles. The zero-order valence-electron chi connectivity index (χ0n) is 10.7. The highest BCUT2D eigenvalue weighted by Gasteiger charge is 2.20. The van der Waals surface area contributed by atoms with Crippen molar-refractivity contribution in [1.82, 2.24) is 0 Å². The number of benzene rings is 1. The minimum Gasteiger partial charge on any atom is -0.370 e. The molecule has 3 heteroatoms. The molecular weight excluding hydrogens is 248 g/mol. The maximum absolute atomic E-state index is 12.0. The summed E-state index contributed by atoms with van der Waals surface area (Å²) in [5.74, 6) is 0.679. The van der Waals surface area contributed by atoms with Crippen LogP contribution in [0.15, 0.2) is 24.3 Å². The van der Waals surface area contributed by atoms with Gasteiger partial charge in [0.2, 0.25) is 0 Å². The highest BCUT2D eigenvalue weighted by Crippen LogP contribution is 2.26. The van der Waals surface area contributed by atoms with Gasteiger partial charge in [-0.1, -0.05) is 43.5 Å². The topological polar surface area (TPSA) is 26.3 Å². The number of hydrogen-bond acceptors (Lipinski definition) is 2. The highest BCUT2D eigenvalue weighted by atomic mass is 35.5. The predicted octanol–water partition coefficient (Wildman–Crippen LogP) is 4.12. The van der Waals surface area contributed by atoms with Crippen LogP contribution in [0.4, 0.5) is 0 Å². The van der Waals surface area contributed by atoms with Gasteiger partial charge in [0.05, 0.1) is 11.1 Å². The Bertz CT molecular complexity index is 417. The van der Waals surface area contributed by atoms with Gasteiger partial charge in [-0.25, -0.2) is 0 Å². The molecular formula is C15H19ClO2. The van der Waals surface area contributed by atoms with Gasteiger partial charge in [0, 0.05) is 5.56 Å². The molecule has 1 aliphatic rings. The summed E-state index contributed by atoms with van der Waals surface area (Å²) in [5.41, 5.74) is 0.558. The van der Waals surface area contributed by atoms with E-state index in [9.17, 15) is 4.79 Å². The summed E-state index contributed by atoms with van der Waals surface area (Å²) in [5, 5.41) is 0.503. The quantitative estimate of drug-likeness (QED) is 0.767. The summed E-state index contributed by atoms with van der Waals surface area (Å²) in [4.78, 5) is 12.0. The Kier molecular flexibility index (Phi) is 4.79. The van der Waals surface area contributed by atoms with Crippen LogP contribution < -0.4 is 0 Å². The summed E-state index contributed by atoms with van der Waals surface area (Å²) in [6, 6.07) is 7.12. The molecule has 2 nitrogen and oxygen atoms in total. The van der Waals surface area contributed by atoms with Crippen LogP contribution in [0.2, 0.25) is 5.02 Å². The summed E-state index contributed by atoms with van der Waals surface area (Å²) in [6.45, 7) is 2.38. The third-order valence-corrected chi connectivity index (χ3v) is 3.84. The fourth-order valence-corrected chi connectivity index (χ4v) is 2.73. The van der Waals surface area contributed by atoms with Crippen molar-refractivity contribution in [2.75, 3.05) is 6.61 Å². The van der Waals surface area contributed by atoms with Gasteiger partial charge >= 0.3 is 0 Å². The van der Waals surface area contributed by atoms with Gasteiger partial charge in [0.1, 0.15) is 6.61 Å². The Morgan fingerprint density at radius 3 is 2.89 bits per heavy atom. The summed E-state index contributed by atoms with van der Waals surface area (Å²) in [6.07, 6.45) is 4.85. The SMILES string of the molecule is CC1CCCC(OCC(=O)c2ccccc2Cl)C1. The van der Waals surface area contributed by atoms with Crippen LogP contribution >= 0.6 is 11.6 Å². The zero-order chi connectivity index (χ0) is 13.0. The lowest BCUT2D eigenvalue weighted by molar-refractivity contribution is 0.0182. The number of rotatable bonds is 4. The first-order chi connectivity index (χ1) is 8.66. The summed E-state index contributed by atoms with van der Waals surface area (Å²) < 4.78 is 5.72. The van der Waals surface area contributed by atoms with E-state index in [4.69, 9.17) is 16.3 Å². The molecule has 0 radical (unpaired) electrons. The van der Waals surface area contributed by atoms with Crippen molar-refractivity contribution in [3.63, 3.8) is 0 Å². The van der Waals surface area contributed by atoms with E-state index in [1.165, 1.54) is 12.8 Å². The average Bonchev–Trinajstić information content (AvgIpc) is 2.37. The molecule has 0 heterocycles. The fraction of sp³-hybridized carbons (Fsp3) is 0.533. The van der Waals surface area contributed by atoms with Gasteiger partial charge < -0.3 is 4.74 Å². The lowest BCUT2D eigenvalue weighted by atomic mass is 9.89. The standard InChI is InChI=1S/C15H19ClO2/c1-11-5-4-6-12(9-11)18-10-15(17)13-7-2-3-8-14(13)16/h2-3,7-8,11-12H,4-6,9-10H2,1H3. The van der Waals surface area contributed by atoms with Gasteiger partial charge in [-0.3, -0.25) is 4.79 Å². The van der Waals surface area contributed by atoms with Crippen molar-refractivity contribution in [3.8, 4) is 0 Å². The molecule has 98 valence electrons. The number of ketones is 1. The Labute approximate surface area is 113 Å². The summed E-state index contributed by atoms with van der Waals surface area (Å²) in [7, 11) is 0. The van der Waals surface area contributed by atoms with Gasteiger partial charge in [-0.15, -0.1) is 0 Å². The van der Waals surface area contributed by atoms with Gasteiger partial charge in [-0.2, -0.15) is 0 Å². The van der Waals surface area contributed by atoms with E-state index >= 15 is 0 Å². The first-order valence-electron chi connectivity index (χ1n) is 6.56. The maximum Gasteiger partial charge on any atom is 0.189 e. The molecule has 0 spiro atoms. The molecule has 1 saturated carbocycles. The highest BCUT2D eigenvalue weighted by molar-refractivity contribution is 6.34. The van der Waals surface area contributed by atoms with Crippen molar-refractivity contribution < 1.29 is 9.53 Å². The minimum absolute atomic E-state index is 0.0289. The Morgan fingerprint density at radius 1 is 1.39 bits per heavy atom. The molecule has 0 aliphatic heterocycles. The maximum atomic E-state index is 12.0. The second-order valence-corrected chi connectivity index (χ2v) is 5.52. The predicted molar refractivity (Wildman–Crippen MR) is 73.2 cm³/mol. The molecule has 18 heavy (non-hydrogen) atoms. The minimum atomic E-state index is -0.0289. The van der Waals surface area contributed by atoms with E-state index in [-0.39, 0.29) is 18.5 Å². The van der Waals surface area contributed by atoms with Crippen LogP contribution in [0.5, 0.6) is 0 Å². The number of Topliss-reactive ketones (excluding diaryl/α,β-unsaturated/α-hetero) is 1. The molecule has 0 bridgehead atoms. The van der Waals surface area contributed by atoms with E-state index in [0.29, 0.717) is 16.5 Å². The second-order valence-electron chi connectivity index (χ2n) is 5.11. The van der Waals surface area contributed by atoms with Crippen molar-refractivity contribution in [3.05, 3.63) is 34.9 Å². The molecule has 1 aromatic rings. The number of hydrogen-bond donors (Lipinski definition) is 0. The molecule has 2 atom stereocenters. The van der Waals surface area contributed by atoms with Crippen molar-refractivity contribution in [2.45, 2.75) is 38.7 Å². The molecule has 0 N–H and O–H groups in total. The third-order valence-electron chi connectivity index (χ3n) is 3.51. The molecule has 0 aromatic heterocycles. The van der Waals surface area contributed by atoms with Crippen LogP contribution in [0.3, 0.4) is 0 Å². The number of ether oxygens (including phenoxy) is 1. The monoisotopic (exact) mass is 266 g/mol. The van der Waals surface area contributed by atoms with Crippen LogP contribution in [0.25, 0.3) is 0 Å². The number of carbonyl (C=O) groups is 1. The molecule has 1 aliphatic carbocycles. The van der Waals surface area contributed by atoms with Gasteiger partial charge in [0.15, 0.2) is 5.78 Å². The first-order valence-corrected chi connectivity index (χ1v) is 6.94. The smallest absolute Gasteiger partial charge is 0.189 e. The van der Waals surface area contributed by atoms with Crippen LogP contribution in [-0.4, -0.2) is 18.5 Å². The normalized spacial score (nSPS) is 23.9. The zero-order valence-corrected chi connectivity index (χ0v) is 11.5. The third kappa shape index (κ3) is 3.56. The van der Waals surface area contributed by atoms with E-state index in [1.54, 1.807) is 12.1 Å². The number of carbonyl (C=O) groups excluding carboxylic acids is 1. The van der Waals surface area contributed by atoms with Gasteiger partial charge in [-0.05, 0) is 30.9 Å². The lowest BCUT2D eigenvalue weighted by Crippen LogP contribution is -2.24. The van der Waals surface area contributed by atoms with Crippen molar-refractivity contribution in [1.29, 1.82) is 0 Å². The molecule has 2 rings (SSSR count). The lowest BCUT2D eigenvalue weighted by Gasteiger charge is -2.26. The van der Waals surface area contributed by atoms with E-state index in [2.05, 4.69) is 6.92 Å². The Hall–Kier alpha value is -0.860. The van der Waals surface area contributed by atoms with Crippen molar-refractivity contribution >= 4 is 17.4 Å².